The van der Waals surface area contributed by atoms with Crippen LogP contribution < -0.4 is 20.4 Å². The lowest BCUT2D eigenvalue weighted by atomic mass is 10.0. The van der Waals surface area contributed by atoms with Crippen molar-refractivity contribution in [2.24, 2.45) is 4.99 Å². The Morgan fingerprint density at radius 2 is 2.10 bits per heavy atom. The number of aromatic nitrogens is 1. The van der Waals surface area contributed by atoms with Gasteiger partial charge in [-0.2, -0.15) is 0 Å². The number of pyridine rings is 1. The number of carbonyl (C=O) groups is 1. The molecule has 1 fully saturated rings. The fraction of sp³-hybridized carbons (Fsp3) is 0.409. The Kier molecular flexibility index (Phi) is 8.36. The van der Waals surface area contributed by atoms with Crippen molar-refractivity contribution in [2.75, 3.05) is 43.0 Å². The molecule has 31 heavy (non-hydrogen) atoms. The van der Waals surface area contributed by atoms with E-state index in [0.29, 0.717) is 11.0 Å². The number of benzene rings is 1. The molecule has 1 unspecified atom stereocenters. The van der Waals surface area contributed by atoms with Crippen molar-refractivity contribution >= 4 is 58.9 Å². The molecule has 4 rings (SSSR count). The molecule has 1 amide bonds. The molecule has 1 atom stereocenters. The van der Waals surface area contributed by atoms with E-state index in [2.05, 4.69) is 31.6 Å². The average Bonchev–Trinajstić information content (AvgIpc) is 3.24. The first kappa shape index (κ1) is 23.6. The maximum atomic E-state index is 12.8. The van der Waals surface area contributed by atoms with Crippen LogP contribution in [0.4, 0.5) is 11.5 Å². The third-order valence-corrected chi connectivity index (χ3v) is 5.90. The molecule has 9 heteroatoms. The molecular formula is C22H28ClIN6O. The minimum absolute atomic E-state index is 0. The molecular weight excluding hydrogens is 527 g/mol. The third-order valence-electron chi connectivity index (χ3n) is 5.61. The summed E-state index contributed by atoms with van der Waals surface area (Å²) in [6.07, 6.45) is 4.71. The van der Waals surface area contributed by atoms with Crippen LogP contribution in [0, 0.1) is 0 Å². The number of halogens is 2. The zero-order valence-corrected chi connectivity index (χ0v) is 20.6. The average molecular weight is 555 g/mol. The smallest absolute Gasteiger partial charge is 0.246 e. The molecule has 0 saturated carbocycles. The summed E-state index contributed by atoms with van der Waals surface area (Å²) < 4.78 is 0. The highest BCUT2D eigenvalue weighted by Gasteiger charge is 2.26. The number of nitrogens with zero attached hydrogens (tertiary/aromatic N) is 4. The van der Waals surface area contributed by atoms with Gasteiger partial charge in [-0.15, -0.1) is 24.0 Å². The number of hydrogen-bond acceptors (Lipinski definition) is 4. The number of amides is 1. The molecule has 2 aromatic rings. The lowest BCUT2D eigenvalue weighted by Gasteiger charge is -2.29. The van der Waals surface area contributed by atoms with E-state index in [1.54, 1.807) is 13.2 Å². The van der Waals surface area contributed by atoms with Crippen LogP contribution in [0.25, 0.3) is 0 Å². The Morgan fingerprint density at radius 3 is 2.90 bits per heavy atom. The first-order chi connectivity index (χ1) is 14.7. The number of hydrogen-bond donors (Lipinski definition) is 2. The maximum absolute atomic E-state index is 12.8. The van der Waals surface area contributed by atoms with Gasteiger partial charge in [0.1, 0.15) is 5.82 Å². The molecule has 0 radical (unpaired) electrons. The van der Waals surface area contributed by atoms with Crippen LogP contribution in [0.1, 0.15) is 18.4 Å². The highest BCUT2D eigenvalue weighted by molar-refractivity contribution is 14.0. The van der Waals surface area contributed by atoms with Gasteiger partial charge < -0.3 is 20.4 Å². The van der Waals surface area contributed by atoms with Gasteiger partial charge in [-0.25, -0.2) is 4.98 Å². The molecule has 2 aliphatic heterocycles. The maximum Gasteiger partial charge on any atom is 0.246 e. The number of carbonyl (C=O) groups excluding carboxylic acids is 1. The van der Waals surface area contributed by atoms with Crippen molar-refractivity contribution in [1.82, 2.24) is 15.6 Å². The van der Waals surface area contributed by atoms with Gasteiger partial charge in [0, 0.05) is 44.6 Å². The van der Waals surface area contributed by atoms with Gasteiger partial charge in [0.05, 0.1) is 11.6 Å². The highest BCUT2D eigenvalue weighted by atomic mass is 127. The molecule has 1 saturated heterocycles. The van der Waals surface area contributed by atoms with Crippen LogP contribution in [-0.4, -0.2) is 56.1 Å². The van der Waals surface area contributed by atoms with Crippen LogP contribution in [0.3, 0.4) is 0 Å². The second kappa shape index (κ2) is 11.0. The van der Waals surface area contributed by atoms with E-state index in [1.807, 2.05) is 35.2 Å². The van der Waals surface area contributed by atoms with Gasteiger partial charge in [-0.1, -0.05) is 29.8 Å². The Balaban J connectivity index is 0.00000272. The quantitative estimate of drug-likeness (QED) is 0.345. The van der Waals surface area contributed by atoms with Crippen LogP contribution in [-0.2, 0) is 11.2 Å². The second-order valence-electron chi connectivity index (χ2n) is 7.59. The van der Waals surface area contributed by atoms with E-state index >= 15 is 0 Å². The predicted molar refractivity (Wildman–Crippen MR) is 137 cm³/mol. The molecule has 0 bridgehead atoms. The number of aryl methyl sites for hydroxylation is 1. The molecule has 1 aromatic heterocycles. The molecule has 2 aliphatic rings. The Morgan fingerprint density at radius 1 is 1.26 bits per heavy atom. The zero-order chi connectivity index (χ0) is 20.9. The minimum Gasteiger partial charge on any atom is -0.353 e. The van der Waals surface area contributed by atoms with Crippen LogP contribution >= 0.6 is 35.6 Å². The predicted octanol–water partition coefficient (Wildman–Crippen LogP) is 3.08. The number of aliphatic imine (C=N–C) groups is 1. The summed E-state index contributed by atoms with van der Waals surface area (Å²) in [5.74, 6) is 1.50. The van der Waals surface area contributed by atoms with Crippen molar-refractivity contribution in [3.63, 3.8) is 0 Å². The Labute approximate surface area is 205 Å². The fourth-order valence-corrected chi connectivity index (χ4v) is 4.36. The largest absolute Gasteiger partial charge is 0.353 e. The van der Waals surface area contributed by atoms with Gasteiger partial charge in [-0.3, -0.25) is 9.79 Å². The van der Waals surface area contributed by atoms with Crippen LogP contribution in [0.15, 0.2) is 47.6 Å². The first-order valence-corrected chi connectivity index (χ1v) is 10.7. The molecule has 7 nitrogen and oxygen atoms in total. The lowest BCUT2D eigenvalue weighted by Crippen LogP contribution is -2.49. The number of guanidine groups is 1. The summed E-state index contributed by atoms with van der Waals surface area (Å²) in [7, 11) is 1.72. The van der Waals surface area contributed by atoms with E-state index in [1.165, 1.54) is 5.56 Å². The standard InChI is InChI=1S/C22H27ClN6O.HI/c1-24-22(27-17-10-13-28(15-17)21-18(23)8-4-11-25-21)26-14-20(30)29-12-5-7-16-6-2-3-9-19(16)29;/h2-4,6,8-9,11,17H,5,7,10,12-15H2,1H3,(H2,24,26,27);1H. The van der Waals surface area contributed by atoms with Gasteiger partial charge in [0.15, 0.2) is 5.96 Å². The van der Waals surface area contributed by atoms with Crippen molar-refractivity contribution in [3.8, 4) is 0 Å². The van der Waals surface area contributed by atoms with Crippen LogP contribution in [0.2, 0.25) is 5.02 Å². The SMILES string of the molecule is CN=C(NCC(=O)N1CCCc2ccccc21)NC1CCN(c2ncccc2Cl)C1.I. The number of anilines is 2. The topological polar surface area (TPSA) is 72.9 Å². The first-order valence-electron chi connectivity index (χ1n) is 10.4. The van der Waals surface area contributed by atoms with E-state index in [9.17, 15) is 4.79 Å². The Hall–Kier alpha value is -2.07. The van der Waals surface area contributed by atoms with E-state index in [-0.39, 0.29) is 42.5 Å². The fourth-order valence-electron chi connectivity index (χ4n) is 4.12. The van der Waals surface area contributed by atoms with Gasteiger partial charge in [0.2, 0.25) is 5.91 Å². The molecule has 0 aliphatic carbocycles. The summed E-state index contributed by atoms with van der Waals surface area (Å²) in [6.45, 7) is 2.61. The van der Waals surface area contributed by atoms with E-state index in [0.717, 1.165) is 50.4 Å². The summed E-state index contributed by atoms with van der Waals surface area (Å²) >= 11 is 6.28. The van der Waals surface area contributed by atoms with Gasteiger partial charge >= 0.3 is 0 Å². The van der Waals surface area contributed by atoms with Gasteiger partial charge in [0.25, 0.3) is 0 Å². The van der Waals surface area contributed by atoms with Crippen molar-refractivity contribution in [1.29, 1.82) is 0 Å². The van der Waals surface area contributed by atoms with Crippen LogP contribution in [0.5, 0.6) is 0 Å². The summed E-state index contributed by atoms with van der Waals surface area (Å²) in [4.78, 5) is 25.6. The van der Waals surface area contributed by atoms with E-state index in [4.69, 9.17) is 11.6 Å². The highest BCUT2D eigenvalue weighted by Crippen LogP contribution is 2.27. The molecule has 166 valence electrons. The molecule has 3 heterocycles. The second-order valence-corrected chi connectivity index (χ2v) is 8.00. The number of nitrogens with one attached hydrogen (secondary N) is 2. The zero-order valence-electron chi connectivity index (χ0n) is 17.6. The molecule has 0 spiro atoms. The van der Waals surface area contributed by atoms with Gasteiger partial charge in [-0.05, 0) is 43.0 Å². The normalized spacial score (nSPS) is 18.3. The minimum atomic E-state index is 0. The number of para-hydroxylation sites is 1. The number of rotatable bonds is 4. The lowest BCUT2D eigenvalue weighted by molar-refractivity contribution is -0.117. The van der Waals surface area contributed by atoms with Crippen molar-refractivity contribution < 1.29 is 4.79 Å². The third kappa shape index (κ3) is 5.60. The summed E-state index contributed by atoms with van der Waals surface area (Å²) in [6, 6.07) is 12.0. The van der Waals surface area contributed by atoms with Crippen molar-refractivity contribution in [3.05, 3.63) is 53.2 Å². The molecule has 2 N–H and O–H groups in total. The molecule has 1 aromatic carbocycles. The monoisotopic (exact) mass is 554 g/mol. The van der Waals surface area contributed by atoms with E-state index < -0.39 is 0 Å². The summed E-state index contributed by atoms with van der Waals surface area (Å²) in [5.41, 5.74) is 2.26. The summed E-state index contributed by atoms with van der Waals surface area (Å²) in [5, 5.41) is 7.26. The number of fused-ring (bicyclic) bond motifs is 1. The van der Waals surface area contributed by atoms with Crippen molar-refractivity contribution in [2.45, 2.75) is 25.3 Å². The Bertz CT molecular complexity index is 940.